The Hall–Kier alpha value is -3.30. The molecule has 1 N–H and O–H groups in total. The van der Waals surface area contributed by atoms with E-state index in [9.17, 15) is 28.1 Å². The lowest BCUT2D eigenvalue weighted by molar-refractivity contribution is -0.384. The predicted octanol–water partition coefficient (Wildman–Crippen LogP) is 4.72. The van der Waals surface area contributed by atoms with Gasteiger partial charge in [0.2, 0.25) is 0 Å². The van der Waals surface area contributed by atoms with Crippen molar-refractivity contribution in [3.8, 4) is 5.75 Å². The van der Waals surface area contributed by atoms with Gasteiger partial charge in [-0.1, -0.05) is 24.3 Å². The minimum atomic E-state index is -4.90. The number of rotatable bonds is 5. The normalized spacial score (nSPS) is 12.2. The quantitative estimate of drug-likeness (QED) is 0.598. The molecule has 0 bridgehead atoms. The summed E-state index contributed by atoms with van der Waals surface area (Å²) in [5, 5.41) is 13.2. The van der Waals surface area contributed by atoms with Gasteiger partial charge in [0.1, 0.15) is 0 Å². The molecule has 0 aromatic heterocycles. The van der Waals surface area contributed by atoms with E-state index in [1.807, 2.05) is 0 Å². The number of hydrogen-bond acceptors (Lipinski definition) is 4. The first kappa shape index (κ1) is 20.0. The highest BCUT2D eigenvalue weighted by atomic mass is 19.4. The van der Waals surface area contributed by atoms with Crippen LogP contribution in [0.3, 0.4) is 0 Å². The molecule has 2 aromatic carbocycles. The second kappa shape index (κ2) is 7.94. The molecule has 0 radical (unpaired) electrons. The lowest BCUT2D eigenvalue weighted by Crippen LogP contribution is -2.34. The van der Waals surface area contributed by atoms with Gasteiger partial charge in [-0.15, -0.1) is 13.2 Å². The number of ether oxygens (including phenoxy) is 1. The Balaban J connectivity index is 2.16. The molecule has 0 saturated heterocycles. The number of alkyl halides is 3. The maximum Gasteiger partial charge on any atom is 0.573 e. The number of urea groups is 1. The number of benzene rings is 2. The van der Waals surface area contributed by atoms with Crippen molar-refractivity contribution >= 4 is 17.4 Å². The molecule has 0 aliphatic heterocycles. The molecule has 7 nitrogen and oxygen atoms in total. The van der Waals surface area contributed by atoms with Crippen LogP contribution >= 0.6 is 0 Å². The van der Waals surface area contributed by atoms with E-state index in [4.69, 9.17) is 0 Å². The molecular formula is C17H16F3N3O4. The fourth-order valence-electron chi connectivity index (χ4n) is 2.28. The zero-order valence-corrected chi connectivity index (χ0v) is 14.4. The van der Waals surface area contributed by atoms with Gasteiger partial charge in [-0.05, 0) is 24.6 Å². The number of anilines is 1. The maximum atomic E-state index is 12.5. The molecule has 144 valence electrons. The Labute approximate surface area is 152 Å². The average molecular weight is 383 g/mol. The Kier molecular flexibility index (Phi) is 5.88. The van der Waals surface area contributed by atoms with Crippen LogP contribution in [0.1, 0.15) is 18.5 Å². The summed E-state index contributed by atoms with van der Waals surface area (Å²) in [6, 6.07) is 9.61. The number of amides is 2. The molecule has 0 unspecified atom stereocenters. The molecule has 0 spiro atoms. The summed E-state index contributed by atoms with van der Waals surface area (Å²) in [5.41, 5.74) is 0.219. The van der Waals surface area contributed by atoms with Crippen molar-refractivity contribution < 1.29 is 27.6 Å². The molecular weight excluding hydrogens is 367 g/mol. The Morgan fingerprint density at radius 1 is 1.22 bits per heavy atom. The number of hydrogen-bond donors (Lipinski definition) is 1. The molecule has 0 saturated carbocycles. The summed E-state index contributed by atoms with van der Waals surface area (Å²) in [5.74, 6) is -0.547. The highest BCUT2D eigenvalue weighted by Crippen LogP contribution is 2.31. The number of nitrogens with one attached hydrogen (secondary N) is 1. The summed E-state index contributed by atoms with van der Waals surface area (Å²) < 4.78 is 41.3. The standard InChI is InChI=1S/C17H16F3N3O4/c1-11(12-6-5-7-13(10-12)23(25)26)22(2)16(24)21-14-8-3-4-9-15(14)27-17(18,19)20/h3-11H,1-2H3,(H,21,24)/t11-/m0/s1. The fraction of sp³-hybridized carbons (Fsp3) is 0.235. The molecule has 2 amide bonds. The van der Waals surface area contributed by atoms with Gasteiger partial charge in [0.15, 0.2) is 5.75 Å². The van der Waals surface area contributed by atoms with Crippen LogP contribution in [0.5, 0.6) is 5.75 Å². The summed E-state index contributed by atoms with van der Waals surface area (Å²) in [6.45, 7) is 1.64. The molecule has 0 heterocycles. The van der Waals surface area contributed by atoms with E-state index in [0.717, 1.165) is 6.07 Å². The van der Waals surface area contributed by atoms with Crippen LogP contribution in [-0.4, -0.2) is 29.3 Å². The Bertz CT molecular complexity index is 842. The van der Waals surface area contributed by atoms with E-state index in [1.165, 1.54) is 48.3 Å². The summed E-state index contributed by atoms with van der Waals surface area (Å²) >= 11 is 0. The highest BCUT2D eigenvalue weighted by Gasteiger charge is 2.32. The molecule has 0 aliphatic carbocycles. The molecule has 0 fully saturated rings. The van der Waals surface area contributed by atoms with Crippen molar-refractivity contribution in [3.63, 3.8) is 0 Å². The van der Waals surface area contributed by atoms with Crippen molar-refractivity contribution in [1.29, 1.82) is 0 Å². The van der Waals surface area contributed by atoms with E-state index in [2.05, 4.69) is 10.1 Å². The topological polar surface area (TPSA) is 84.7 Å². The first-order valence-electron chi connectivity index (χ1n) is 7.71. The number of para-hydroxylation sites is 2. The Morgan fingerprint density at radius 2 is 1.89 bits per heavy atom. The van der Waals surface area contributed by atoms with Gasteiger partial charge < -0.3 is 15.0 Å². The first-order valence-corrected chi connectivity index (χ1v) is 7.71. The number of non-ortho nitro benzene ring substituents is 1. The Morgan fingerprint density at radius 3 is 2.52 bits per heavy atom. The molecule has 0 aliphatic rings. The predicted molar refractivity (Wildman–Crippen MR) is 91.4 cm³/mol. The number of carbonyl (C=O) groups excluding carboxylic acids is 1. The van der Waals surface area contributed by atoms with Gasteiger partial charge in [0.05, 0.1) is 16.7 Å². The fourth-order valence-corrected chi connectivity index (χ4v) is 2.28. The van der Waals surface area contributed by atoms with E-state index >= 15 is 0 Å². The smallest absolute Gasteiger partial charge is 0.404 e. The van der Waals surface area contributed by atoms with E-state index in [-0.39, 0.29) is 11.4 Å². The largest absolute Gasteiger partial charge is 0.573 e. The number of nitro groups is 1. The molecule has 1 atom stereocenters. The molecule has 2 rings (SSSR count). The van der Waals surface area contributed by atoms with E-state index < -0.39 is 29.1 Å². The van der Waals surface area contributed by atoms with Crippen LogP contribution < -0.4 is 10.1 Å². The van der Waals surface area contributed by atoms with Crippen molar-refractivity contribution in [2.75, 3.05) is 12.4 Å². The van der Waals surface area contributed by atoms with Crippen molar-refractivity contribution in [2.24, 2.45) is 0 Å². The number of halogens is 3. The van der Waals surface area contributed by atoms with Gasteiger partial charge >= 0.3 is 12.4 Å². The summed E-state index contributed by atoms with van der Waals surface area (Å²) in [4.78, 5) is 23.9. The third-order valence-corrected chi connectivity index (χ3v) is 3.82. The number of nitro benzene ring substituents is 1. The number of carbonyl (C=O) groups is 1. The second-order valence-corrected chi connectivity index (χ2v) is 5.61. The zero-order chi connectivity index (χ0) is 20.2. The van der Waals surface area contributed by atoms with Crippen LogP contribution in [-0.2, 0) is 0 Å². The molecule has 27 heavy (non-hydrogen) atoms. The van der Waals surface area contributed by atoms with E-state index in [1.54, 1.807) is 13.0 Å². The monoisotopic (exact) mass is 383 g/mol. The highest BCUT2D eigenvalue weighted by molar-refractivity contribution is 5.91. The molecule has 2 aromatic rings. The van der Waals surface area contributed by atoms with Gasteiger partial charge in [-0.3, -0.25) is 10.1 Å². The summed E-state index contributed by atoms with van der Waals surface area (Å²) in [7, 11) is 1.42. The number of nitrogens with zero attached hydrogens (tertiary/aromatic N) is 2. The van der Waals surface area contributed by atoms with Crippen molar-refractivity contribution in [1.82, 2.24) is 4.90 Å². The van der Waals surface area contributed by atoms with Gasteiger partial charge in [0.25, 0.3) is 5.69 Å². The SMILES string of the molecule is C[C@@H](c1cccc([N+](=O)[O-])c1)N(C)C(=O)Nc1ccccc1OC(F)(F)F. The zero-order valence-electron chi connectivity index (χ0n) is 14.4. The van der Waals surface area contributed by atoms with Crippen molar-refractivity contribution in [3.05, 3.63) is 64.2 Å². The summed E-state index contributed by atoms with van der Waals surface area (Å²) in [6.07, 6.45) is -4.90. The van der Waals surface area contributed by atoms with Crippen LogP contribution in [0.25, 0.3) is 0 Å². The van der Waals surface area contributed by atoms with Crippen LogP contribution in [0.2, 0.25) is 0 Å². The van der Waals surface area contributed by atoms with Crippen molar-refractivity contribution in [2.45, 2.75) is 19.3 Å². The maximum absolute atomic E-state index is 12.5. The minimum Gasteiger partial charge on any atom is -0.404 e. The average Bonchev–Trinajstić information content (AvgIpc) is 2.61. The lowest BCUT2D eigenvalue weighted by atomic mass is 10.1. The van der Waals surface area contributed by atoms with Crippen LogP contribution in [0.15, 0.2) is 48.5 Å². The third-order valence-electron chi connectivity index (χ3n) is 3.82. The minimum absolute atomic E-state index is 0.128. The van der Waals surface area contributed by atoms with Crippen LogP contribution in [0, 0.1) is 10.1 Å². The van der Waals surface area contributed by atoms with E-state index in [0.29, 0.717) is 5.56 Å². The molecule has 10 heteroatoms. The van der Waals surface area contributed by atoms with Crippen LogP contribution in [0.4, 0.5) is 29.3 Å². The van der Waals surface area contributed by atoms with Gasteiger partial charge in [-0.25, -0.2) is 4.79 Å². The first-order chi connectivity index (χ1) is 12.6. The van der Waals surface area contributed by atoms with Gasteiger partial charge in [-0.2, -0.15) is 0 Å². The second-order valence-electron chi connectivity index (χ2n) is 5.61. The lowest BCUT2D eigenvalue weighted by Gasteiger charge is -2.26. The third kappa shape index (κ3) is 5.33. The van der Waals surface area contributed by atoms with Gasteiger partial charge in [0, 0.05) is 19.2 Å².